The highest BCUT2D eigenvalue weighted by molar-refractivity contribution is 7.99. The van der Waals surface area contributed by atoms with Crippen LogP contribution in [0.3, 0.4) is 0 Å². The Hall–Kier alpha value is -0.620. The second-order valence-corrected chi connectivity index (χ2v) is 6.69. The first-order valence-corrected chi connectivity index (χ1v) is 8.56. The Morgan fingerprint density at radius 3 is 2.79 bits per heavy atom. The first-order valence-electron chi connectivity index (χ1n) is 7.57. The van der Waals surface area contributed by atoms with E-state index in [9.17, 15) is 0 Å². The zero-order chi connectivity index (χ0) is 12.9. The third-order valence-corrected chi connectivity index (χ3v) is 5.21. The molecular formula is C13H23N5S. The van der Waals surface area contributed by atoms with Crippen molar-refractivity contribution in [3.63, 3.8) is 0 Å². The normalized spacial score (nSPS) is 24.9. The Morgan fingerprint density at radius 2 is 2.00 bits per heavy atom. The van der Waals surface area contributed by atoms with Gasteiger partial charge in [-0.2, -0.15) is 0 Å². The van der Waals surface area contributed by atoms with E-state index in [2.05, 4.69) is 25.5 Å². The first-order chi connectivity index (χ1) is 9.43. The summed E-state index contributed by atoms with van der Waals surface area (Å²) in [6.45, 7) is 1.19. The van der Waals surface area contributed by atoms with Crippen molar-refractivity contribution in [3.8, 4) is 0 Å². The van der Waals surface area contributed by atoms with E-state index in [-0.39, 0.29) is 0 Å². The number of nitrogens with one attached hydrogen (secondary N) is 1. The van der Waals surface area contributed by atoms with Gasteiger partial charge >= 0.3 is 0 Å². The van der Waals surface area contributed by atoms with E-state index in [1.165, 1.54) is 57.9 Å². The molecule has 0 spiro atoms. The number of rotatable bonds is 5. The number of aromatic nitrogens is 4. The monoisotopic (exact) mass is 281 g/mol. The summed E-state index contributed by atoms with van der Waals surface area (Å²) in [5.74, 6) is 1.12. The van der Waals surface area contributed by atoms with Gasteiger partial charge in [0.2, 0.25) is 5.16 Å². The topological polar surface area (TPSA) is 55.6 Å². The highest BCUT2D eigenvalue weighted by Crippen LogP contribution is 2.31. The summed E-state index contributed by atoms with van der Waals surface area (Å²) in [6, 6.07) is 1.25. The number of hydrogen-bond acceptors (Lipinski definition) is 5. The number of nitrogens with zero attached hydrogens (tertiary/aromatic N) is 4. The lowest BCUT2D eigenvalue weighted by molar-refractivity contribution is 0.394. The molecule has 106 valence electrons. The molecule has 0 bridgehead atoms. The van der Waals surface area contributed by atoms with Crippen LogP contribution in [0.5, 0.6) is 0 Å². The SMILES string of the molecule is C1CCC(CCSc2nnnn2C2CCCC2)NC1. The van der Waals surface area contributed by atoms with Crippen LogP contribution >= 0.6 is 11.8 Å². The van der Waals surface area contributed by atoms with Gasteiger partial charge < -0.3 is 5.32 Å². The average molecular weight is 281 g/mol. The highest BCUT2D eigenvalue weighted by Gasteiger charge is 2.21. The van der Waals surface area contributed by atoms with Crippen molar-refractivity contribution in [2.45, 2.75) is 68.6 Å². The van der Waals surface area contributed by atoms with Gasteiger partial charge in [-0.15, -0.1) is 5.10 Å². The fourth-order valence-corrected chi connectivity index (χ4v) is 4.12. The quantitative estimate of drug-likeness (QED) is 0.840. The second kappa shape index (κ2) is 6.70. The van der Waals surface area contributed by atoms with Gasteiger partial charge in [-0.25, -0.2) is 4.68 Å². The van der Waals surface area contributed by atoms with Crippen LogP contribution in [0.15, 0.2) is 5.16 Å². The molecule has 1 saturated carbocycles. The molecule has 1 unspecified atom stereocenters. The van der Waals surface area contributed by atoms with E-state index >= 15 is 0 Å². The lowest BCUT2D eigenvalue weighted by atomic mass is 10.0. The molecule has 2 fully saturated rings. The van der Waals surface area contributed by atoms with Crippen LogP contribution in [0.1, 0.15) is 57.4 Å². The van der Waals surface area contributed by atoms with Crippen LogP contribution < -0.4 is 5.32 Å². The van der Waals surface area contributed by atoms with Crippen LogP contribution in [0.2, 0.25) is 0 Å². The van der Waals surface area contributed by atoms with Gasteiger partial charge in [0.05, 0.1) is 6.04 Å². The smallest absolute Gasteiger partial charge is 0.209 e. The minimum Gasteiger partial charge on any atom is -0.314 e. The molecule has 2 heterocycles. The molecule has 6 heteroatoms. The molecule has 1 aliphatic carbocycles. The molecule has 1 N–H and O–H groups in total. The van der Waals surface area contributed by atoms with E-state index in [0.717, 1.165) is 10.9 Å². The number of hydrogen-bond donors (Lipinski definition) is 1. The molecule has 2 aliphatic rings. The maximum Gasteiger partial charge on any atom is 0.209 e. The van der Waals surface area contributed by atoms with E-state index < -0.39 is 0 Å². The molecule has 1 aromatic heterocycles. The third kappa shape index (κ3) is 3.48. The molecule has 1 aliphatic heterocycles. The Labute approximate surface area is 118 Å². The standard InChI is InChI=1S/C13H23N5S/c1-2-7-12(6-1)18-13(15-16-17-18)19-10-8-11-5-3-4-9-14-11/h11-12,14H,1-10H2. The van der Waals surface area contributed by atoms with E-state index in [0.29, 0.717) is 12.1 Å². The van der Waals surface area contributed by atoms with Crippen LogP contribution in [0, 0.1) is 0 Å². The van der Waals surface area contributed by atoms with Gasteiger partial charge in [-0.1, -0.05) is 31.0 Å². The summed E-state index contributed by atoms with van der Waals surface area (Å²) in [7, 11) is 0. The third-order valence-electron chi connectivity index (χ3n) is 4.24. The van der Waals surface area contributed by atoms with Crippen molar-refractivity contribution in [3.05, 3.63) is 0 Å². The van der Waals surface area contributed by atoms with Gasteiger partial charge in [0.1, 0.15) is 0 Å². The molecule has 0 amide bonds. The lowest BCUT2D eigenvalue weighted by Gasteiger charge is -2.23. The van der Waals surface area contributed by atoms with Gasteiger partial charge in [-0.05, 0) is 49.1 Å². The highest BCUT2D eigenvalue weighted by atomic mass is 32.2. The Kier molecular flexibility index (Phi) is 4.71. The molecule has 0 aromatic carbocycles. The number of tetrazole rings is 1. The van der Waals surface area contributed by atoms with Crippen LogP contribution in [-0.2, 0) is 0 Å². The van der Waals surface area contributed by atoms with Gasteiger partial charge in [0.15, 0.2) is 0 Å². The summed E-state index contributed by atoms with van der Waals surface area (Å²) >= 11 is 1.82. The maximum atomic E-state index is 4.19. The zero-order valence-corrected chi connectivity index (χ0v) is 12.2. The Bertz CT molecular complexity index is 382. The number of thioether (sulfide) groups is 1. The predicted molar refractivity (Wildman–Crippen MR) is 76.3 cm³/mol. The van der Waals surface area contributed by atoms with E-state index in [1.54, 1.807) is 0 Å². The van der Waals surface area contributed by atoms with Crippen molar-refractivity contribution < 1.29 is 0 Å². The molecule has 3 rings (SSSR count). The predicted octanol–water partition coefficient (Wildman–Crippen LogP) is 2.41. The molecule has 1 saturated heterocycles. The molecule has 1 aromatic rings. The van der Waals surface area contributed by atoms with Crippen LogP contribution in [0.4, 0.5) is 0 Å². The van der Waals surface area contributed by atoms with Crippen LogP contribution in [0.25, 0.3) is 0 Å². The Balaban J connectivity index is 1.48. The number of piperidine rings is 1. The average Bonchev–Trinajstić information content (AvgIpc) is 3.10. The molecule has 19 heavy (non-hydrogen) atoms. The summed E-state index contributed by atoms with van der Waals surface area (Å²) in [5, 5.41) is 16.8. The van der Waals surface area contributed by atoms with Crippen molar-refractivity contribution in [2.24, 2.45) is 0 Å². The van der Waals surface area contributed by atoms with Crippen molar-refractivity contribution in [1.29, 1.82) is 0 Å². The molecule has 1 atom stereocenters. The van der Waals surface area contributed by atoms with Gasteiger partial charge in [0.25, 0.3) is 0 Å². The van der Waals surface area contributed by atoms with E-state index in [4.69, 9.17) is 0 Å². The van der Waals surface area contributed by atoms with Gasteiger partial charge in [0, 0.05) is 11.8 Å². The minimum absolute atomic E-state index is 0.547. The minimum atomic E-state index is 0.547. The first kappa shape index (κ1) is 13.4. The van der Waals surface area contributed by atoms with Crippen molar-refractivity contribution >= 4 is 11.8 Å². The Morgan fingerprint density at radius 1 is 1.16 bits per heavy atom. The van der Waals surface area contributed by atoms with Crippen LogP contribution in [-0.4, -0.2) is 38.5 Å². The second-order valence-electron chi connectivity index (χ2n) is 5.63. The fourth-order valence-electron chi connectivity index (χ4n) is 3.12. The summed E-state index contributed by atoms with van der Waals surface area (Å²) in [6.07, 6.45) is 10.4. The largest absolute Gasteiger partial charge is 0.314 e. The summed E-state index contributed by atoms with van der Waals surface area (Å²) in [4.78, 5) is 0. The molecule has 5 nitrogen and oxygen atoms in total. The molecular weight excluding hydrogens is 258 g/mol. The fraction of sp³-hybridized carbons (Fsp3) is 0.923. The van der Waals surface area contributed by atoms with Crippen molar-refractivity contribution in [2.75, 3.05) is 12.3 Å². The van der Waals surface area contributed by atoms with E-state index in [1.807, 2.05) is 11.8 Å². The summed E-state index contributed by atoms with van der Waals surface area (Å²) in [5.41, 5.74) is 0. The zero-order valence-electron chi connectivity index (χ0n) is 11.4. The van der Waals surface area contributed by atoms with Gasteiger partial charge in [-0.3, -0.25) is 0 Å². The maximum absolute atomic E-state index is 4.19. The molecule has 0 radical (unpaired) electrons. The van der Waals surface area contributed by atoms with Crippen molar-refractivity contribution in [1.82, 2.24) is 25.5 Å². The lowest BCUT2D eigenvalue weighted by Crippen LogP contribution is -2.34. The summed E-state index contributed by atoms with van der Waals surface area (Å²) < 4.78 is 2.06.